The molecule has 0 atom stereocenters. The van der Waals surface area contributed by atoms with Gasteiger partial charge in [0.1, 0.15) is 5.69 Å². The maximum atomic E-state index is 13.0. The topological polar surface area (TPSA) is 93.8 Å². The van der Waals surface area contributed by atoms with Gasteiger partial charge in [0.25, 0.3) is 5.91 Å². The number of carbonyl (C=O) groups is 1. The van der Waals surface area contributed by atoms with E-state index in [0.717, 1.165) is 5.56 Å². The van der Waals surface area contributed by atoms with Crippen molar-refractivity contribution in [1.82, 2.24) is 15.0 Å². The van der Waals surface area contributed by atoms with Gasteiger partial charge in [-0.15, -0.1) is 0 Å². The van der Waals surface area contributed by atoms with E-state index in [-0.39, 0.29) is 5.69 Å². The number of para-hydroxylation sites is 2. The Morgan fingerprint density at radius 2 is 1.70 bits per heavy atom. The molecule has 1 amide bonds. The van der Waals surface area contributed by atoms with Crippen LogP contribution in [0, 0.1) is 5.95 Å². The SMILES string of the molecule is Nc1ccc(-c2ccc(F)nc2)cc1NC(=O)c1cnc2ccccc2n1. The van der Waals surface area contributed by atoms with Gasteiger partial charge in [0.15, 0.2) is 0 Å². The largest absolute Gasteiger partial charge is 0.397 e. The van der Waals surface area contributed by atoms with Crippen molar-refractivity contribution >= 4 is 28.3 Å². The highest BCUT2D eigenvalue weighted by molar-refractivity contribution is 6.05. The van der Waals surface area contributed by atoms with Crippen LogP contribution in [0.3, 0.4) is 0 Å². The molecule has 0 saturated carbocycles. The van der Waals surface area contributed by atoms with Crippen LogP contribution in [0.4, 0.5) is 15.8 Å². The van der Waals surface area contributed by atoms with Gasteiger partial charge in [0.2, 0.25) is 5.95 Å². The fourth-order valence-corrected chi connectivity index (χ4v) is 2.64. The first-order valence-corrected chi connectivity index (χ1v) is 8.15. The molecule has 3 N–H and O–H groups in total. The lowest BCUT2D eigenvalue weighted by molar-refractivity contribution is 0.102. The fraction of sp³-hybridized carbons (Fsp3) is 0. The van der Waals surface area contributed by atoms with Crippen LogP contribution in [0.5, 0.6) is 0 Å². The molecule has 2 aromatic carbocycles. The molecular weight excluding hydrogens is 345 g/mol. The molecule has 0 bridgehead atoms. The molecule has 4 aromatic rings. The third kappa shape index (κ3) is 3.43. The van der Waals surface area contributed by atoms with E-state index in [0.29, 0.717) is 28.0 Å². The molecule has 7 heteroatoms. The number of anilines is 2. The predicted molar refractivity (Wildman–Crippen MR) is 102 cm³/mol. The normalized spacial score (nSPS) is 10.7. The van der Waals surface area contributed by atoms with Crippen LogP contribution in [0.1, 0.15) is 10.5 Å². The van der Waals surface area contributed by atoms with Gasteiger partial charge in [-0.25, -0.2) is 9.97 Å². The van der Waals surface area contributed by atoms with Gasteiger partial charge in [0.05, 0.1) is 28.6 Å². The van der Waals surface area contributed by atoms with Gasteiger partial charge in [-0.1, -0.05) is 18.2 Å². The molecule has 0 aliphatic carbocycles. The van der Waals surface area contributed by atoms with Gasteiger partial charge in [-0.3, -0.25) is 9.78 Å². The van der Waals surface area contributed by atoms with Crippen molar-refractivity contribution in [1.29, 1.82) is 0 Å². The Hall–Kier alpha value is -3.87. The molecule has 27 heavy (non-hydrogen) atoms. The monoisotopic (exact) mass is 359 g/mol. The summed E-state index contributed by atoms with van der Waals surface area (Å²) in [5.74, 6) is -0.980. The lowest BCUT2D eigenvalue weighted by atomic mass is 10.1. The zero-order chi connectivity index (χ0) is 18.8. The number of amides is 1. The minimum absolute atomic E-state index is 0.182. The van der Waals surface area contributed by atoms with Gasteiger partial charge in [0, 0.05) is 11.8 Å². The molecule has 0 aliphatic rings. The van der Waals surface area contributed by atoms with E-state index in [9.17, 15) is 9.18 Å². The maximum Gasteiger partial charge on any atom is 0.275 e. The van der Waals surface area contributed by atoms with E-state index < -0.39 is 11.9 Å². The number of pyridine rings is 1. The Morgan fingerprint density at radius 1 is 0.926 bits per heavy atom. The van der Waals surface area contributed by atoms with E-state index in [2.05, 4.69) is 20.3 Å². The minimum Gasteiger partial charge on any atom is -0.397 e. The zero-order valence-corrected chi connectivity index (χ0v) is 14.1. The molecule has 0 fully saturated rings. The van der Waals surface area contributed by atoms with Crippen molar-refractivity contribution in [3.05, 3.63) is 78.6 Å². The Kier molecular flexibility index (Phi) is 4.18. The fourth-order valence-electron chi connectivity index (χ4n) is 2.64. The third-order valence-electron chi connectivity index (χ3n) is 4.04. The Balaban J connectivity index is 1.63. The van der Waals surface area contributed by atoms with Gasteiger partial charge >= 0.3 is 0 Å². The number of carbonyl (C=O) groups excluding carboxylic acids is 1. The molecule has 0 aliphatic heterocycles. The second-order valence-corrected chi connectivity index (χ2v) is 5.87. The Morgan fingerprint density at radius 3 is 2.48 bits per heavy atom. The molecule has 2 heterocycles. The summed E-state index contributed by atoms with van der Waals surface area (Å²) < 4.78 is 13.0. The zero-order valence-electron chi connectivity index (χ0n) is 14.1. The lowest BCUT2D eigenvalue weighted by Crippen LogP contribution is -2.15. The number of hydrogen-bond donors (Lipinski definition) is 2. The van der Waals surface area contributed by atoms with Crippen molar-refractivity contribution in [3.63, 3.8) is 0 Å². The smallest absolute Gasteiger partial charge is 0.275 e. The highest BCUT2D eigenvalue weighted by Crippen LogP contribution is 2.27. The maximum absolute atomic E-state index is 13.0. The summed E-state index contributed by atoms with van der Waals surface area (Å²) in [5, 5.41) is 2.75. The second kappa shape index (κ2) is 6.80. The number of aromatic nitrogens is 3. The third-order valence-corrected chi connectivity index (χ3v) is 4.04. The van der Waals surface area contributed by atoms with Crippen molar-refractivity contribution in [2.75, 3.05) is 11.1 Å². The van der Waals surface area contributed by atoms with Crippen LogP contribution in [0.2, 0.25) is 0 Å². The number of nitrogens with one attached hydrogen (secondary N) is 1. The first-order chi connectivity index (χ1) is 13.1. The molecule has 0 saturated heterocycles. The molecular formula is C20H14FN5O. The van der Waals surface area contributed by atoms with Crippen molar-refractivity contribution in [3.8, 4) is 11.1 Å². The molecule has 132 valence electrons. The second-order valence-electron chi connectivity index (χ2n) is 5.87. The quantitative estimate of drug-likeness (QED) is 0.430. The molecule has 4 rings (SSSR count). The number of nitrogens with two attached hydrogens (primary N) is 1. The first-order valence-electron chi connectivity index (χ1n) is 8.15. The highest BCUT2D eigenvalue weighted by Gasteiger charge is 2.12. The van der Waals surface area contributed by atoms with Crippen LogP contribution in [0.25, 0.3) is 22.2 Å². The number of rotatable bonds is 3. The Bertz CT molecular complexity index is 1140. The summed E-state index contributed by atoms with van der Waals surface area (Å²) in [4.78, 5) is 24.8. The van der Waals surface area contributed by atoms with Gasteiger partial charge < -0.3 is 11.1 Å². The summed E-state index contributed by atoms with van der Waals surface area (Å²) in [7, 11) is 0. The average molecular weight is 359 g/mol. The standard InChI is InChI=1S/C20H14FN5O/c21-19-8-6-13(10-24-19)12-5-7-14(22)17(9-12)26-20(27)18-11-23-15-3-1-2-4-16(15)25-18/h1-11H,22H2,(H,26,27). The van der Waals surface area contributed by atoms with E-state index in [4.69, 9.17) is 5.73 Å². The lowest BCUT2D eigenvalue weighted by Gasteiger charge is -2.10. The number of nitrogens with zero attached hydrogens (tertiary/aromatic N) is 3. The number of halogens is 1. The van der Waals surface area contributed by atoms with E-state index in [1.54, 1.807) is 30.3 Å². The van der Waals surface area contributed by atoms with E-state index in [1.165, 1.54) is 18.5 Å². The van der Waals surface area contributed by atoms with Gasteiger partial charge in [-0.2, -0.15) is 4.39 Å². The Labute approximate surface area is 153 Å². The van der Waals surface area contributed by atoms with Crippen molar-refractivity contribution < 1.29 is 9.18 Å². The first kappa shape index (κ1) is 16.6. The average Bonchev–Trinajstić information content (AvgIpc) is 2.70. The summed E-state index contributed by atoms with van der Waals surface area (Å²) in [5.41, 5.74) is 9.78. The summed E-state index contributed by atoms with van der Waals surface area (Å²) in [6.45, 7) is 0. The van der Waals surface area contributed by atoms with Crippen LogP contribution in [-0.2, 0) is 0 Å². The van der Waals surface area contributed by atoms with Crippen LogP contribution < -0.4 is 11.1 Å². The minimum atomic E-state index is -0.558. The predicted octanol–water partition coefficient (Wildman–Crippen LogP) is 3.67. The molecule has 0 unspecified atom stereocenters. The van der Waals surface area contributed by atoms with E-state index >= 15 is 0 Å². The van der Waals surface area contributed by atoms with Crippen molar-refractivity contribution in [2.45, 2.75) is 0 Å². The summed E-state index contributed by atoms with van der Waals surface area (Å²) >= 11 is 0. The molecule has 0 spiro atoms. The molecule has 6 nitrogen and oxygen atoms in total. The molecule has 2 aromatic heterocycles. The van der Waals surface area contributed by atoms with Crippen molar-refractivity contribution in [2.24, 2.45) is 0 Å². The van der Waals surface area contributed by atoms with Crippen LogP contribution >= 0.6 is 0 Å². The van der Waals surface area contributed by atoms with Crippen LogP contribution in [0.15, 0.2) is 67.0 Å². The summed E-state index contributed by atoms with van der Waals surface area (Å²) in [6.07, 6.45) is 2.84. The highest BCUT2D eigenvalue weighted by atomic mass is 19.1. The van der Waals surface area contributed by atoms with Crippen LogP contribution in [-0.4, -0.2) is 20.9 Å². The van der Waals surface area contributed by atoms with Gasteiger partial charge in [-0.05, 0) is 42.0 Å². The van der Waals surface area contributed by atoms with E-state index in [1.807, 2.05) is 18.2 Å². The summed E-state index contributed by atoms with van der Waals surface area (Å²) in [6, 6.07) is 15.3. The number of hydrogen-bond acceptors (Lipinski definition) is 5. The molecule has 0 radical (unpaired) electrons. The number of fused-ring (bicyclic) bond motifs is 1. The number of benzene rings is 2. The number of nitrogen functional groups attached to an aromatic ring is 1.